The number of fused-ring (bicyclic) bond motifs is 1. The van der Waals surface area contributed by atoms with Crippen molar-refractivity contribution in [3.05, 3.63) is 53.3 Å². The zero-order valence-corrected chi connectivity index (χ0v) is 17.9. The van der Waals surface area contributed by atoms with Gasteiger partial charge in [0, 0.05) is 17.5 Å². The van der Waals surface area contributed by atoms with Crippen molar-refractivity contribution in [3.8, 4) is 5.75 Å². The summed E-state index contributed by atoms with van der Waals surface area (Å²) < 4.78 is 35.4. The number of nitrogens with zero attached hydrogens (tertiary/aromatic N) is 2. The molecule has 3 rings (SSSR count). The van der Waals surface area contributed by atoms with Crippen LogP contribution in [-0.2, 0) is 10.2 Å². The second-order valence-corrected chi connectivity index (χ2v) is 8.49. The molecule has 0 saturated carbocycles. The maximum atomic E-state index is 12.8. The van der Waals surface area contributed by atoms with Crippen molar-refractivity contribution in [3.63, 3.8) is 0 Å². The Bertz CT molecular complexity index is 1090. The normalized spacial score (nSPS) is 14.8. The fourth-order valence-corrected chi connectivity index (χ4v) is 4.06. The molecule has 0 unspecified atom stereocenters. The Morgan fingerprint density at radius 1 is 1.27 bits per heavy atom. The van der Waals surface area contributed by atoms with Gasteiger partial charge in [0.25, 0.3) is 5.91 Å². The molecular formula is C20H25N5O4S. The number of aromatic nitrogens is 1. The summed E-state index contributed by atoms with van der Waals surface area (Å²) in [7, 11) is -3.87. The number of hydrogen-bond acceptors (Lipinski definition) is 6. The Morgan fingerprint density at radius 3 is 2.67 bits per heavy atom. The molecule has 160 valence electrons. The zero-order valence-electron chi connectivity index (χ0n) is 17.1. The third-order valence-corrected chi connectivity index (χ3v) is 6.05. The van der Waals surface area contributed by atoms with Gasteiger partial charge in [-0.15, -0.1) is 4.40 Å². The summed E-state index contributed by atoms with van der Waals surface area (Å²) in [6, 6.07) is 8.32. The van der Waals surface area contributed by atoms with E-state index in [2.05, 4.69) is 19.4 Å². The van der Waals surface area contributed by atoms with Gasteiger partial charge in [0.05, 0.1) is 16.8 Å². The maximum absolute atomic E-state index is 12.8. The van der Waals surface area contributed by atoms with Crippen molar-refractivity contribution in [2.75, 3.05) is 11.3 Å². The van der Waals surface area contributed by atoms with Gasteiger partial charge < -0.3 is 15.8 Å². The highest BCUT2D eigenvalue weighted by Crippen LogP contribution is 2.31. The Kier molecular flexibility index (Phi) is 5.97. The first kappa shape index (κ1) is 21.6. The van der Waals surface area contributed by atoms with E-state index in [4.69, 9.17) is 10.5 Å². The van der Waals surface area contributed by atoms with E-state index in [1.165, 1.54) is 0 Å². The first-order valence-corrected chi connectivity index (χ1v) is 11.0. The molecule has 0 bridgehead atoms. The Hall–Kier alpha value is -3.14. The van der Waals surface area contributed by atoms with Gasteiger partial charge in [-0.25, -0.2) is 0 Å². The van der Waals surface area contributed by atoms with Crippen molar-refractivity contribution < 1.29 is 17.9 Å². The van der Waals surface area contributed by atoms with Crippen molar-refractivity contribution in [2.24, 2.45) is 10.1 Å². The van der Waals surface area contributed by atoms with Crippen molar-refractivity contribution >= 4 is 27.6 Å². The molecule has 1 aliphatic rings. The highest BCUT2D eigenvalue weighted by molar-refractivity contribution is 7.91. The number of hydrogen-bond donors (Lipinski definition) is 3. The van der Waals surface area contributed by atoms with E-state index < -0.39 is 15.7 Å². The molecule has 9 nitrogen and oxygen atoms in total. The summed E-state index contributed by atoms with van der Waals surface area (Å²) >= 11 is 0. The third-order valence-electron chi connectivity index (χ3n) is 5.13. The fourth-order valence-electron chi connectivity index (χ4n) is 3.22. The summed E-state index contributed by atoms with van der Waals surface area (Å²) in [5.74, 6) is 0.0300. The molecular weight excluding hydrogens is 406 g/mol. The molecule has 0 spiro atoms. The summed E-state index contributed by atoms with van der Waals surface area (Å²) in [5, 5.41) is 3.08. The lowest BCUT2D eigenvalue weighted by molar-refractivity contribution is 0.0837. The quantitative estimate of drug-likeness (QED) is 0.614. The molecule has 30 heavy (non-hydrogen) atoms. The van der Waals surface area contributed by atoms with Crippen LogP contribution < -0.4 is 20.5 Å². The number of amides is 1. The molecule has 0 radical (unpaired) electrons. The topological polar surface area (TPSA) is 136 Å². The number of pyridine rings is 1. The lowest BCUT2D eigenvalue weighted by atomic mass is 9.93. The summed E-state index contributed by atoms with van der Waals surface area (Å²) in [5.41, 5.74) is 7.21. The molecule has 0 atom stereocenters. The van der Waals surface area contributed by atoms with Crippen LogP contribution in [-0.4, -0.2) is 37.3 Å². The number of benzene rings is 1. The minimum absolute atomic E-state index is 0.144. The number of anilines is 1. The van der Waals surface area contributed by atoms with Gasteiger partial charge in [-0.2, -0.15) is 8.42 Å². The number of carbonyl (C=O) groups is 1. The fraction of sp³-hybridized carbons (Fsp3) is 0.350. The van der Waals surface area contributed by atoms with E-state index in [-0.39, 0.29) is 18.3 Å². The van der Waals surface area contributed by atoms with E-state index in [9.17, 15) is 13.2 Å². The Labute approximate surface area is 175 Å². The summed E-state index contributed by atoms with van der Waals surface area (Å²) in [4.78, 5) is 16.9. The number of nitrogens with one attached hydrogen (secondary N) is 2. The van der Waals surface area contributed by atoms with Gasteiger partial charge in [-0.05, 0) is 44.0 Å². The average molecular weight is 432 g/mol. The Balaban J connectivity index is 1.83. The Morgan fingerprint density at radius 2 is 2.00 bits per heavy atom. The molecule has 1 aromatic carbocycles. The summed E-state index contributed by atoms with van der Waals surface area (Å²) in [6.07, 6.45) is 2.86. The average Bonchev–Trinajstić information content (AvgIpc) is 2.70. The molecule has 1 aromatic heterocycles. The predicted octanol–water partition coefficient (Wildman–Crippen LogP) is 2.13. The number of ether oxygens (including phenoxy) is 1. The number of nitrogens with two attached hydrogens (primary N) is 1. The number of rotatable bonds is 7. The monoisotopic (exact) mass is 431 g/mol. The van der Waals surface area contributed by atoms with Crippen LogP contribution in [0.5, 0.6) is 5.75 Å². The van der Waals surface area contributed by atoms with Crippen molar-refractivity contribution in [1.29, 1.82) is 0 Å². The first-order valence-electron chi connectivity index (χ1n) is 9.58. The van der Waals surface area contributed by atoms with Crippen LogP contribution in [0.15, 0.2) is 40.9 Å². The second-order valence-electron chi connectivity index (χ2n) is 7.15. The van der Waals surface area contributed by atoms with Crippen LogP contribution in [0.25, 0.3) is 0 Å². The van der Waals surface area contributed by atoms with Crippen LogP contribution in [0.4, 0.5) is 5.69 Å². The van der Waals surface area contributed by atoms with Gasteiger partial charge >= 0.3 is 10.2 Å². The number of carbonyl (C=O) groups excluding carboxylic acids is 1. The maximum Gasteiger partial charge on any atom is 0.344 e. The van der Waals surface area contributed by atoms with Crippen LogP contribution in [0.2, 0.25) is 0 Å². The second kappa shape index (κ2) is 8.31. The zero-order chi connectivity index (χ0) is 21.9. The van der Waals surface area contributed by atoms with Gasteiger partial charge in [0.1, 0.15) is 12.4 Å². The minimum Gasteiger partial charge on any atom is -0.490 e. The molecule has 4 N–H and O–H groups in total. The highest BCUT2D eigenvalue weighted by Gasteiger charge is 2.31. The van der Waals surface area contributed by atoms with Crippen LogP contribution >= 0.6 is 0 Å². The molecule has 0 saturated heterocycles. The van der Waals surface area contributed by atoms with Crippen LogP contribution in [0.3, 0.4) is 0 Å². The smallest absolute Gasteiger partial charge is 0.344 e. The lowest BCUT2D eigenvalue weighted by Crippen LogP contribution is -2.52. The number of amidine groups is 1. The molecule has 0 fully saturated rings. The van der Waals surface area contributed by atoms with Gasteiger partial charge in [0.15, 0.2) is 5.84 Å². The standard InChI is InChI=1S/C20H25N5O4S/c1-4-20(5-2,23-19(26)14-9-10-22-13(3)11-14)12-29-16-8-6-7-15-17(16)18(21)25-30(27,28)24-15/h6-11,24H,4-5,12H2,1-3H3,(H2,21,25)(H,23,26). The molecule has 0 aliphatic carbocycles. The van der Waals surface area contributed by atoms with E-state index in [0.717, 1.165) is 5.69 Å². The van der Waals surface area contributed by atoms with Crippen LogP contribution in [0.1, 0.15) is 48.3 Å². The minimum atomic E-state index is -3.87. The highest BCUT2D eigenvalue weighted by atomic mass is 32.2. The van der Waals surface area contributed by atoms with Gasteiger partial charge in [0.2, 0.25) is 0 Å². The van der Waals surface area contributed by atoms with E-state index in [0.29, 0.717) is 35.4 Å². The number of aryl methyl sites for hydroxylation is 1. The van der Waals surface area contributed by atoms with Crippen LogP contribution in [0, 0.1) is 6.92 Å². The molecule has 1 amide bonds. The molecule has 10 heteroatoms. The largest absolute Gasteiger partial charge is 0.490 e. The summed E-state index contributed by atoms with van der Waals surface area (Å²) in [6.45, 7) is 5.93. The predicted molar refractivity (Wildman–Crippen MR) is 115 cm³/mol. The van der Waals surface area contributed by atoms with E-state index >= 15 is 0 Å². The third kappa shape index (κ3) is 4.54. The SMILES string of the molecule is CCC(CC)(COc1cccc2c1C(N)=NS(=O)(=O)N2)NC(=O)c1ccnc(C)c1. The van der Waals surface area contributed by atoms with Gasteiger partial charge in [-0.3, -0.25) is 14.5 Å². The first-order chi connectivity index (χ1) is 14.2. The van der Waals surface area contributed by atoms with Crippen molar-refractivity contribution in [2.45, 2.75) is 39.2 Å². The lowest BCUT2D eigenvalue weighted by Gasteiger charge is -2.33. The van der Waals surface area contributed by atoms with Gasteiger partial charge in [-0.1, -0.05) is 19.9 Å². The van der Waals surface area contributed by atoms with Crippen molar-refractivity contribution in [1.82, 2.24) is 10.3 Å². The van der Waals surface area contributed by atoms with E-state index in [1.807, 2.05) is 20.8 Å². The molecule has 1 aliphatic heterocycles. The molecule has 2 aromatic rings. The van der Waals surface area contributed by atoms with E-state index in [1.54, 1.807) is 36.5 Å². The molecule has 2 heterocycles.